The lowest BCUT2D eigenvalue weighted by Gasteiger charge is -2.48. The van der Waals surface area contributed by atoms with Crippen molar-refractivity contribution in [3.05, 3.63) is 0 Å². The van der Waals surface area contributed by atoms with Gasteiger partial charge in [-0.1, -0.05) is 6.92 Å². The molecule has 2 aliphatic heterocycles. The summed E-state index contributed by atoms with van der Waals surface area (Å²) < 4.78 is 12.1. The highest BCUT2D eigenvalue weighted by Gasteiger charge is 2.45. The minimum atomic E-state index is -0.0820. The largest absolute Gasteiger partial charge is 0.377 e. The third kappa shape index (κ3) is 3.34. The average molecular weight is 301 g/mol. The summed E-state index contributed by atoms with van der Waals surface area (Å²) in [4.78, 5) is 0. The van der Waals surface area contributed by atoms with Gasteiger partial charge in [0, 0.05) is 19.8 Å². The van der Waals surface area contributed by atoms with Crippen molar-refractivity contribution in [3.63, 3.8) is 0 Å². The number of hydrogen-bond donors (Lipinski definition) is 1. The molecule has 4 heteroatoms. The van der Waals surface area contributed by atoms with Gasteiger partial charge in [0.05, 0.1) is 11.2 Å². The molecule has 2 aliphatic rings. The van der Waals surface area contributed by atoms with E-state index in [1.165, 1.54) is 30.8 Å². The van der Waals surface area contributed by atoms with Gasteiger partial charge in [0.15, 0.2) is 0 Å². The smallest absolute Gasteiger partial charge is 0.0803 e. The van der Waals surface area contributed by atoms with Gasteiger partial charge in [-0.15, -0.1) is 0 Å². The van der Waals surface area contributed by atoms with Crippen LogP contribution in [-0.2, 0) is 9.47 Å². The maximum absolute atomic E-state index is 6.23. The molecule has 0 radical (unpaired) electrons. The molecule has 2 rings (SSSR count). The molecule has 1 spiro atoms. The zero-order valence-electron chi connectivity index (χ0n) is 13.5. The van der Waals surface area contributed by atoms with Crippen LogP contribution in [0.15, 0.2) is 0 Å². The molecule has 0 aliphatic carbocycles. The molecule has 3 atom stereocenters. The number of rotatable bonds is 5. The number of thioether (sulfide) groups is 1. The van der Waals surface area contributed by atoms with Gasteiger partial charge in [0.25, 0.3) is 0 Å². The summed E-state index contributed by atoms with van der Waals surface area (Å²) in [6, 6.07) is 0.410. The topological polar surface area (TPSA) is 30.5 Å². The zero-order chi connectivity index (χ0) is 14.6. The van der Waals surface area contributed by atoms with Gasteiger partial charge >= 0.3 is 0 Å². The minimum absolute atomic E-state index is 0.0820. The lowest BCUT2D eigenvalue weighted by atomic mass is 9.73. The van der Waals surface area contributed by atoms with Gasteiger partial charge in [0.2, 0.25) is 0 Å². The van der Waals surface area contributed by atoms with Gasteiger partial charge in [0.1, 0.15) is 0 Å². The number of ether oxygens (including phenoxy) is 2. The van der Waals surface area contributed by atoms with Crippen LogP contribution in [0.5, 0.6) is 0 Å². The second-order valence-corrected chi connectivity index (χ2v) is 7.76. The van der Waals surface area contributed by atoms with E-state index in [1.807, 2.05) is 7.11 Å². The summed E-state index contributed by atoms with van der Waals surface area (Å²) >= 11 is 2.07. The van der Waals surface area contributed by atoms with Crippen molar-refractivity contribution in [2.45, 2.75) is 63.2 Å². The van der Waals surface area contributed by atoms with Crippen LogP contribution in [0.4, 0.5) is 0 Å². The predicted molar refractivity (Wildman–Crippen MR) is 86.5 cm³/mol. The Labute approximate surface area is 128 Å². The predicted octanol–water partition coefficient (Wildman–Crippen LogP) is 3.08. The van der Waals surface area contributed by atoms with E-state index >= 15 is 0 Å². The molecule has 0 aromatic heterocycles. The summed E-state index contributed by atoms with van der Waals surface area (Å²) in [6.45, 7) is 5.38. The van der Waals surface area contributed by atoms with Crippen molar-refractivity contribution < 1.29 is 9.47 Å². The first-order valence-corrected chi connectivity index (χ1v) is 9.19. The van der Waals surface area contributed by atoms with Crippen molar-refractivity contribution in [3.8, 4) is 0 Å². The van der Waals surface area contributed by atoms with Crippen LogP contribution in [0.3, 0.4) is 0 Å². The molecule has 2 heterocycles. The van der Waals surface area contributed by atoms with Gasteiger partial charge in [-0.05, 0) is 63.5 Å². The van der Waals surface area contributed by atoms with Crippen molar-refractivity contribution >= 4 is 11.8 Å². The number of nitrogens with one attached hydrogen (secondary N) is 1. The highest BCUT2D eigenvalue weighted by atomic mass is 32.2. The summed E-state index contributed by atoms with van der Waals surface area (Å²) in [7, 11) is 3.93. The molecular weight excluding hydrogens is 270 g/mol. The maximum Gasteiger partial charge on any atom is 0.0803 e. The first kappa shape index (κ1) is 16.6. The first-order valence-electron chi connectivity index (χ1n) is 8.03. The van der Waals surface area contributed by atoms with Gasteiger partial charge in [-0.2, -0.15) is 11.8 Å². The van der Waals surface area contributed by atoms with Gasteiger partial charge < -0.3 is 14.8 Å². The number of likely N-dealkylation sites (N-methyl/N-ethyl adjacent to an activating group) is 1. The Hall–Kier alpha value is 0.230. The summed E-state index contributed by atoms with van der Waals surface area (Å²) in [5.74, 6) is 3.17. The molecular formula is C16H31NO2S. The van der Waals surface area contributed by atoms with Crippen LogP contribution in [-0.4, -0.2) is 49.5 Å². The number of hydrogen-bond acceptors (Lipinski definition) is 4. The molecule has 1 N–H and O–H groups in total. The van der Waals surface area contributed by atoms with Crippen LogP contribution in [0.25, 0.3) is 0 Å². The molecule has 0 aromatic carbocycles. The zero-order valence-corrected chi connectivity index (χ0v) is 14.4. The second kappa shape index (κ2) is 6.99. The maximum atomic E-state index is 6.23. The second-order valence-electron chi connectivity index (χ2n) is 6.53. The Balaban J connectivity index is 2.09. The highest BCUT2D eigenvalue weighted by molar-refractivity contribution is 7.99. The van der Waals surface area contributed by atoms with Crippen LogP contribution in [0.2, 0.25) is 0 Å². The van der Waals surface area contributed by atoms with Crippen LogP contribution < -0.4 is 5.32 Å². The lowest BCUT2D eigenvalue weighted by Crippen LogP contribution is -2.56. The Morgan fingerprint density at radius 3 is 2.70 bits per heavy atom. The average Bonchev–Trinajstić information content (AvgIpc) is 2.48. The quantitative estimate of drug-likeness (QED) is 0.845. The third-order valence-corrected chi connectivity index (χ3v) is 6.53. The normalized spacial score (nSPS) is 30.9. The van der Waals surface area contributed by atoms with Crippen molar-refractivity contribution in [2.24, 2.45) is 5.92 Å². The first-order chi connectivity index (χ1) is 9.59. The standard InChI is InChI=1S/C16H31NO2S/c1-5-15(2,18-4)14(17-3)13-6-9-19-16(12-13)7-10-20-11-8-16/h13-14,17H,5-12H2,1-4H3. The third-order valence-electron chi connectivity index (χ3n) is 5.54. The van der Waals surface area contributed by atoms with Crippen molar-refractivity contribution in [1.82, 2.24) is 5.32 Å². The minimum Gasteiger partial charge on any atom is -0.377 e. The number of methoxy groups -OCH3 is 1. The van der Waals surface area contributed by atoms with E-state index in [1.54, 1.807) is 0 Å². The lowest BCUT2D eigenvalue weighted by molar-refractivity contribution is -0.127. The fraction of sp³-hybridized carbons (Fsp3) is 1.00. The van der Waals surface area contributed by atoms with E-state index in [2.05, 4.69) is 38.0 Å². The van der Waals surface area contributed by atoms with Crippen LogP contribution in [0, 0.1) is 5.92 Å². The molecule has 2 saturated heterocycles. The molecule has 0 amide bonds. The van der Waals surface area contributed by atoms with Crippen LogP contribution >= 0.6 is 11.8 Å². The van der Waals surface area contributed by atoms with Crippen molar-refractivity contribution in [2.75, 3.05) is 32.3 Å². The molecule has 0 aromatic rings. The van der Waals surface area contributed by atoms with Crippen LogP contribution in [0.1, 0.15) is 46.0 Å². The summed E-state index contributed by atoms with van der Waals surface area (Å²) in [5.41, 5.74) is 0.0764. The van der Waals surface area contributed by atoms with Crippen molar-refractivity contribution in [1.29, 1.82) is 0 Å². The molecule has 0 saturated carbocycles. The molecule has 2 fully saturated rings. The van der Waals surface area contributed by atoms with E-state index in [0.29, 0.717) is 12.0 Å². The molecule has 3 nitrogen and oxygen atoms in total. The SMILES string of the molecule is CCC(C)(OC)C(NC)C1CCOC2(CCSCC2)C1. The Morgan fingerprint density at radius 1 is 1.45 bits per heavy atom. The highest BCUT2D eigenvalue weighted by Crippen LogP contribution is 2.42. The molecule has 0 bridgehead atoms. The molecule has 20 heavy (non-hydrogen) atoms. The fourth-order valence-corrected chi connectivity index (χ4v) is 5.21. The summed E-state index contributed by atoms with van der Waals surface area (Å²) in [5, 5.41) is 3.55. The van der Waals surface area contributed by atoms with Gasteiger partial charge in [-0.25, -0.2) is 0 Å². The molecule has 3 unspecified atom stereocenters. The monoisotopic (exact) mass is 301 g/mol. The van der Waals surface area contributed by atoms with E-state index in [-0.39, 0.29) is 11.2 Å². The Kier molecular flexibility index (Phi) is 5.80. The van der Waals surface area contributed by atoms with E-state index in [0.717, 1.165) is 19.4 Å². The molecule has 118 valence electrons. The Bertz CT molecular complexity index is 295. The van der Waals surface area contributed by atoms with Gasteiger partial charge in [-0.3, -0.25) is 0 Å². The fourth-order valence-electron chi connectivity index (χ4n) is 3.97. The van der Waals surface area contributed by atoms with E-state index in [9.17, 15) is 0 Å². The summed E-state index contributed by atoms with van der Waals surface area (Å²) in [6.07, 6.45) is 5.83. The Morgan fingerprint density at radius 2 is 2.15 bits per heavy atom. The van der Waals surface area contributed by atoms with E-state index < -0.39 is 0 Å². The van der Waals surface area contributed by atoms with E-state index in [4.69, 9.17) is 9.47 Å².